The van der Waals surface area contributed by atoms with Crippen molar-refractivity contribution in [3.8, 4) is 0 Å². The maximum atomic E-state index is 12.7. The van der Waals surface area contributed by atoms with E-state index in [9.17, 15) is 9.59 Å². The Morgan fingerprint density at radius 3 is 2.87 bits per heavy atom. The molecule has 3 aliphatic heterocycles. The summed E-state index contributed by atoms with van der Waals surface area (Å²) in [5.74, 6) is 0.809. The van der Waals surface area contributed by atoms with Crippen LogP contribution in [-0.2, 0) is 14.3 Å². The number of hydrogen-bond donors (Lipinski definition) is 2. The minimum atomic E-state index is -0.318. The van der Waals surface area contributed by atoms with Crippen molar-refractivity contribution in [1.82, 2.24) is 15.5 Å². The lowest BCUT2D eigenvalue weighted by Gasteiger charge is -2.38. The Balaban J connectivity index is 1.61. The van der Waals surface area contributed by atoms with Crippen LogP contribution in [0.3, 0.4) is 0 Å². The van der Waals surface area contributed by atoms with Gasteiger partial charge in [0, 0.05) is 31.2 Å². The molecule has 2 amide bonds. The molecule has 3 heterocycles. The predicted octanol–water partition coefficient (Wildman–Crippen LogP) is 0.573. The molecule has 0 aromatic heterocycles. The minimum absolute atomic E-state index is 0.00881. The van der Waals surface area contributed by atoms with E-state index in [-0.39, 0.29) is 28.1 Å². The number of carbonyl (C=O) groups excluding carboxylic acids is 2. The highest BCUT2D eigenvalue weighted by atomic mass is 32.2. The first-order valence-corrected chi connectivity index (χ1v) is 9.42. The van der Waals surface area contributed by atoms with Gasteiger partial charge in [-0.3, -0.25) is 9.59 Å². The molecule has 3 rings (SSSR count). The first-order chi connectivity index (χ1) is 11.0. The van der Waals surface area contributed by atoms with Crippen molar-refractivity contribution < 1.29 is 14.3 Å². The number of piperidine rings is 1. The van der Waals surface area contributed by atoms with Crippen molar-refractivity contribution in [2.75, 3.05) is 39.1 Å². The number of rotatable bonds is 5. The van der Waals surface area contributed by atoms with Crippen LogP contribution in [0.4, 0.5) is 0 Å². The van der Waals surface area contributed by atoms with Crippen LogP contribution >= 0.6 is 11.8 Å². The number of amides is 2. The van der Waals surface area contributed by atoms with E-state index in [1.807, 2.05) is 4.90 Å². The fourth-order valence-electron chi connectivity index (χ4n) is 4.04. The van der Waals surface area contributed by atoms with Gasteiger partial charge in [-0.2, -0.15) is 0 Å². The van der Waals surface area contributed by atoms with Gasteiger partial charge in [0.15, 0.2) is 0 Å². The Hall–Kier alpha value is -0.790. The number of ether oxygens (including phenoxy) is 1. The average Bonchev–Trinajstić information content (AvgIpc) is 3.03. The van der Waals surface area contributed by atoms with Gasteiger partial charge >= 0.3 is 0 Å². The summed E-state index contributed by atoms with van der Waals surface area (Å²) in [7, 11) is 1.72. The molecule has 0 radical (unpaired) electrons. The molecule has 0 aliphatic carbocycles. The predicted molar refractivity (Wildman–Crippen MR) is 90.2 cm³/mol. The normalized spacial score (nSPS) is 32.9. The molecule has 2 N–H and O–H groups in total. The zero-order valence-electron chi connectivity index (χ0n) is 14.0. The third-order valence-corrected chi connectivity index (χ3v) is 7.00. The summed E-state index contributed by atoms with van der Waals surface area (Å²) >= 11 is 1.74. The SMILES string of the molecule is COCC1(CNC(=O)C2CSC3(C)CCC(=O)N23)CCNCC1. The summed E-state index contributed by atoms with van der Waals surface area (Å²) < 4.78 is 5.40. The molecular formula is C16H27N3O3S. The standard InChI is InChI=1S/C16H27N3O3S/c1-15-4-3-13(20)19(15)12(9-23-15)14(21)18-10-16(11-22-2)5-7-17-8-6-16/h12,17H,3-11H2,1-2H3,(H,18,21). The highest BCUT2D eigenvalue weighted by Crippen LogP contribution is 2.47. The van der Waals surface area contributed by atoms with Gasteiger partial charge in [0.25, 0.3) is 0 Å². The summed E-state index contributed by atoms with van der Waals surface area (Å²) in [6.45, 7) is 5.29. The van der Waals surface area contributed by atoms with Crippen LogP contribution in [0, 0.1) is 5.41 Å². The van der Waals surface area contributed by atoms with Crippen LogP contribution in [0.25, 0.3) is 0 Å². The lowest BCUT2D eigenvalue weighted by atomic mass is 9.79. The fourth-order valence-corrected chi connectivity index (χ4v) is 5.47. The van der Waals surface area contributed by atoms with E-state index in [2.05, 4.69) is 17.6 Å². The molecule has 6 nitrogen and oxygen atoms in total. The second-order valence-electron chi connectivity index (χ2n) is 7.17. The second-order valence-corrected chi connectivity index (χ2v) is 8.67. The third-order valence-electron chi connectivity index (χ3n) is 5.50. The van der Waals surface area contributed by atoms with Crippen molar-refractivity contribution in [1.29, 1.82) is 0 Å². The first kappa shape index (κ1) is 17.0. The van der Waals surface area contributed by atoms with E-state index >= 15 is 0 Å². The number of carbonyl (C=O) groups is 2. The molecule has 2 atom stereocenters. The Kier molecular flexibility index (Phi) is 4.90. The summed E-state index contributed by atoms with van der Waals surface area (Å²) in [5, 5.41) is 6.47. The minimum Gasteiger partial charge on any atom is -0.384 e. The topological polar surface area (TPSA) is 70.7 Å². The van der Waals surface area contributed by atoms with Crippen LogP contribution in [-0.4, -0.2) is 66.7 Å². The van der Waals surface area contributed by atoms with Crippen molar-refractivity contribution in [2.45, 2.75) is 43.5 Å². The van der Waals surface area contributed by atoms with Crippen LogP contribution in [0.15, 0.2) is 0 Å². The fraction of sp³-hybridized carbons (Fsp3) is 0.875. The van der Waals surface area contributed by atoms with Gasteiger partial charge < -0.3 is 20.3 Å². The summed E-state index contributed by atoms with van der Waals surface area (Å²) in [4.78, 5) is 26.5. The molecule has 3 aliphatic rings. The van der Waals surface area contributed by atoms with E-state index < -0.39 is 0 Å². The number of hydrogen-bond acceptors (Lipinski definition) is 5. The molecular weight excluding hydrogens is 314 g/mol. The summed E-state index contributed by atoms with van der Waals surface area (Å²) in [6.07, 6.45) is 3.41. The van der Waals surface area contributed by atoms with Crippen molar-refractivity contribution in [3.05, 3.63) is 0 Å². The van der Waals surface area contributed by atoms with Gasteiger partial charge in [-0.05, 0) is 39.3 Å². The van der Waals surface area contributed by atoms with E-state index in [1.165, 1.54) is 0 Å². The van der Waals surface area contributed by atoms with Gasteiger partial charge in [0.2, 0.25) is 11.8 Å². The van der Waals surface area contributed by atoms with Gasteiger partial charge in [-0.25, -0.2) is 0 Å². The maximum Gasteiger partial charge on any atom is 0.243 e. The molecule has 130 valence electrons. The quantitative estimate of drug-likeness (QED) is 0.765. The molecule has 7 heteroatoms. The van der Waals surface area contributed by atoms with Crippen LogP contribution in [0.2, 0.25) is 0 Å². The highest BCUT2D eigenvalue weighted by molar-refractivity contribution is 8.01. The first-order valence-electron chi connectivity index (χ1n) is 8.43. The second kappa shape index (κ2) is 6.61. The number of fused-ring (bicyclic) bond motifs is 1. The van der Waals surface area contributed by atoms with E-state index in [1.54, 1.807) is 18.9 Å². The molecule has 23 heavy (non-hydrogen) atoms. The molecule has 0 bridgehead atoms. The number of methoxy groups -OCH3 is 1. The largest absolute Gasteiger partial charge is 0.384 e. The monoisotopic (exact) mass is 341 g/mol. The van der Waals surface area contributed by atoms with Gasteiger partial charge in [-0.15, -0.1) is 11.8 Å². The molecule has 3 fully saturated rings. The number of thioether (sulfide) groups is 1. The Morgan fingerprint density at radius 2 is 2.17 bits per heavy atom. The molecule has 0 aromatic carbocycles. The van der Waals surface area contributed by atoms with Gasteiger partial charge in [-0.1, -0.05) is 0 Å². The molecule has 3 saturated heterocycles. The zero-order chi connectivity index (χ0) is 16.5. The van der Waals surface area contributed by atoms with Gasteiger partial charge in [0.1, 0.15) is 6.04 Å². The van der Waals surface area contributed by atoms with Crippen molar-refractivity contribution in [2.24, 2.45) is 5.41 Å². The van der Waals surface area contributed by atoms with E-state index in [0.29, 0.717) is 25.3 Å². The van der Waals surface area contributed by atoms with Crippen molar-refractivity contribution in [3.63, 3.8) is 0 Å². The van der Waals surface area contributed by atoms with E-state index in [0.717, 1.165) is 32.4 Å². The number of nitrogens with one attached hydrogen (secondary N) is 2. The summed E-state index contributed by atoms with van der Waals surface area (Å²) in [6, 6.07) is -0.318. The molecule has 0 aromatic rings. The van der Waals surface area contributed by atoms with E-state index in [4.69, 9.17) is 4.74 Å². The van der Waals surface area contributed by atoms with Crippen LogP contribution < -0.4 is 10.6 Å². The lowest BCUT2D eigenvalue weighted by Crippen LogP contribution is -2.53. The van der Waals surface area contributed by atoms with Crippen molar-refractivity contribution >= 4 is 23.6 Å². The average molecular weight is 341 g/mol. The third kappa shape index (κ3) is 3.23. The van der Waals surface area contributed by atoms with Crippen LogP contribution in [0.1, 0.15) is 32.6 Å². The highest BCUT2D eigenvalue weighted by Gasteiger charge is 2.53. The molecule has 0 spiro atoms. The maximum absolute atomic E-state index is 12.7. The van der Waals surface area contributed by atoms with Crippen LogP contribution in [0.5, 0.6) is 0 Å². The van der Waals surface area contributed by atoms with Gasteiger partial charge in [0.05, 0.1) is 11.5 Å². The lowest BCUT2D eigenvalue weighted by molar-refractivity contribution is -0.138. The molecule has 2 unspecified atom stereocenters. The summed E-state index contributed by atoms with van der Waals surface area (Å²) in [5.41, 5.74) is 0.0136. The Morgan fingerprint density at radius 1 is 1.43 bits per heavy atom. The Labute approximate surface area is 142 Å². The molecule has 0 saturated carbocycles. The smallest absolute Gasteiger partial charge is 0.243 e. The Bertz CT molecular complexity index is 476. The number of nitrogens with zero attached hydrogens (tertiary/aromatic N) is 1. The zero-order valence-corrected chi connectivity index (χ0v) is 14.8.